The third-order valence-corrected chi connectivity index (χ3v) is 4.74. The number of nitrogens with zero attached hydrogens (tertiary/aromatic N) is 4. The number of hydrogen-bond donors (Lipinski definition) is 2. The maximum atomic E-state index is 9.62. The molecule has 2 aliphatic rings. The minimum atomic E-state index is -0.151. The molecule has 128 valence electrons. The molecule has 1 saturated carbocycles. The summed E-state index contributed by atoms with van der Waals surface area (Å²) >= 11 is 0. The highest BCUT2D eigenvalue weighted by atomic mass is 16.5. The first-order valence-electron chi connectivity index (χ1n) is 8.71. The summed E-state index contributed by atoms with van der Waals surface area (Å²) in [6.45, 7) is 2.76. The Bertz CT molecular complexity index is 505. The van der Waals surface area contributed by atoms with Gasteiger partial charge in [0.2, 0.25) is 11.9 Å². The van der Waals surface area contributed by atoms with Gasteiger partial charge in [-0.15, -0.1) is 0 Å². The van der Waals surface area contributed by atoms with Gasteiger partial charge in [-0.2, -0.15) is 15.0 Å². The fraction of sp³-hybridized carbons (Fsp3) is 0.812. The van der Waals surface area contributed by atoms with Gasteiger partial charge in [0.1, 0.15) is 0 Å². The highest BCUT2D eigenvalue weighted by Crippen LogP contribution is 2.26. The van der Waals surface area contributed by atoms with Gasteiger partial charge in [0, 0.05) is 19.6 Å². The molecule has 0 spiro atoms. The molecule has 3 rings (SSSR count). The largest absolute Gasteiger partial charge is 0.467 e. The van der Waals surface area contributed by atoms with Crippen LogP contribution in [0.2, 0.25) is 0 Å². The Balaban J connectivity index is 1.67. The van der Waals surface area contributed by atoms with Crippen LogP contribution < -0.4 is 15.0 Å². The van der Waals surface area contributed by atoms with E-state index in [0.717, 1.165) is 38.9 Å². The minimum Gasteiger partial charge on any atom is -0.467 e. The van der Waals surface area contributed by atoms with Gasteiger partial charge in [-0.1, -0.05) is 12.8 Å². The van der Waals surface area contributed by atoms with Crippen LogP contribution in [0.15, 0.2) is 0 Å². The van der Waals surface area contributed by atoms with Gasteiger partial charge in [-0.3, -0.25) is 0 Å². The van der Waals surface area contributed by atoms with E-state index in [0.29, 0.717) is 23.8 Å². The molecule has 1 aliphatic carbocycles. The zero-order chi connectivity index (χ0) is 16.1. The molecule has 7 heteroatoms. The van der Waals surface area contributed by atoms with Crippen LogP contribution in [0.25, 0.3) is 0 Å². The first kappa shape index (κ1) is 16.2. The van der Waals surface area contributed by atoms with E-state index in [1.807, 2.05) is 0 Å². The van der Waals surface area contributed by atoms with Gasteiger partial charge in [-0.05, 0) is 38.0 Å². The summed E-state index contributed by atoms with van der Waals surface area (Å²) in [5.74, 6) is 1.75. The maximum Gasteiger partial charge on any atom is 0.322 e. The molecule has 0 bridgehead atoms. The lowest BCUT2D eigenvalue weighted by molar-refractivity contribution is 0.178. The van der Waals surface area contributed by atoms with Crippen LogP contribution in [0.3, 0.4) is 0 Å². The summed E-state index contributed by atoms with van der Waals surface area (Å²) in [5, 5.41) is 12.9. The minimum absolute atomic E-state index is 0.151. The van der Waals surface area contributed by atoms with Crippen LogP contribution in [0.5, 0.6) is 6.01 Å². The van der Waals surface area contributed by atoms with Crippen LogP contribution in [0.1, 0.15) is 44.9 Å². The molecule has 1 aliphatic heterocycles. The Morgan fingerprint density at radius 3 is 2.57 bits per heavy atom. The third-order valence-electron chi connectivity index (χ3n) is 4.74. The predicted octanol–water partition coefficient (Wildman–Crippen LogP) is 1.83. The standard InChI is InChI=1S/C16H27N5O2/c1-23-16-19-14(17-11-12-6-7-13(22)10-12)18-15(20-16)21-8-4-2-3-5-9-21/h12-13,22H,2-11H2,1H3,(H,17,18,19,20). The molecule has 2 N–H and O–H groups in total. The molecule has 2 heterocycles. The van der Waals surface area contributed by atoms with E-state index in [2.05, 4.69) is 25.2 Å². The van der Waals surface area contributed by atoms with Crippen molar-refractivity contribution in [3.8, 4) is 6.01 Å². The fourth-order valence-corrected chi connectivity index (χ4v) is 3.40. The second-order valence-corrected chi connectivity index (χ2v) is 6.56. The van der Waals surface area contributed by atoms with Gasteiger partial charge in [0.05, 0.1) is 13.2 Å². The summed E-state index contributed by atoms with van der Waals surface area (Å²) in [4.78, 5) is 15.5. The zero-order valence-corrected chi connectivity index (χ0v) is 13.9. The second kappa shape index (κ2) is 7.77. The van der Waals surface area contributed by atoms with Crippen molar-refractivity contribution in [1.82, 2.24) is 15.0 Å². The molecule has 1 saturated heterocycles. The molecule has 0 aromatic carbocycles. The maximum absolute atomic E-state index is 9.62. The molecular weight excluding hydrogens is 294 g/mol. The number of aliphatic hydroxyl groups is 1. The average Bonchev–Trinajstić information content (AvgIpc) is 2.82. The van der Waals surface area contributed by atoms with E-state index in [1.54, 1.807) is 7.11 Å². The van der Waals surface area contributed by atoms with Crippen molar-refractivity contribution in [1.29, 1.82) is 0 Å². The van der Waals surface area contributed by atoms with Gasteiger partial charge in [-0.25, -0.2) is 0 Å². The molecule has 2 fully saturated rings. The highest BCUT2D eigenvalue weighted by Gasteiger charge is 2.23. The van der Waals surface area contributed by atoms with Crippen molar-refractivity contribution < 1.29 is 9.84 Å². The highest BCUT2D eigenvalue weighted by molar-refractivity contribution is 5.38. The number of anilines is 2. The second-order valence-electron chi connectivity index (χ2n) is 6.56. The van der Waals surface area contributed by atoms with Crippen molar-refractivity contribution in [3.05, 3.63) is 0 Å². The summed E-state index contributed by atoms with van der Waals surface area (Å²) < 4.78 is 5.24. The molecule has 1 aromatic rings. The first-order chi connectivity index (χ1) is 11.2. The smallest absolute Gasteiger partial charge is 0.322 e. The van der Waals surface area contributed by atoms with E-state index < -0.39 is 0 Å². The van der Waals surface area contributed by atoms with Crippen molar-refractivity contribution in [2.75, 3.05) is 37.0 Å². The van der Waals surface area contributed by atoms with Crippen molar-refractivity contribution in [3.63, 3.8) is 0 Å². The molecular formula is C16H27N5O2. The number of methoxy groups -OCH3 is 1. The van der Waals surface area contributed by atoms with E-state index in [1.165, 1.54) is 25.7 Å². The molecule has 23 heavy (non-hydrogen) atoms. The van der Waals surface area contributed by atoms with Crippen LogP contribution in [-0.2, 0) is 0 Å². The van der Waals surface area contributed by atoms with Crippen LogP contribution >= 0.6 is 0 Å². The average molecular weight is 321 g/mol. The van der Waals surface area contributed by atoms with E-state index >= 15 is 0 Å². The lowest BCUT2D eigenvalue weighted by Crippen LogP contribution is -2.27. The fourth-order valence-electron chi connectivity index (χ4n) is 3.40. The predicted molar refractivity (Wildman–Crippen MR) is 88.9 cm³/mol. The quantitative estimate of drug-likeness (QED) is 0.856. The van der Waals surface area contributed by atoms with E-state index in [-0.39, 0.29) is 6.10 Å². The number of nitrogens with one attached hydrogen (secondary N) is 1. The summed E-state index contributed by atoms with van der Waals surface area (Å²) in [7, 11) is 1.58. The molecule has 2 atom stereocenters. The topological polar surface area (TPSA) is 83.4 Å². The number of rotatable bonds is 5. The van der Waals surface area contributed by atoms with Gasteiger partial charge >= 0.3 is 6.01 Å². The van der Waals surface area contributed by atoms with E-state index in [9.17, 15) is 5.11 Å². The van der Waals surface area contributed by atoms with Crippen LogP contribution in [0.4, 0.5) is 11.9 Å². The van der Waals surface area contributed by atoms with Crippen molar-refractivity contribution in [2.45, 2.75) is 51.0 Å². The number of aliphatic hydroxyl groups excluding tert-OH is 1. The number of aromatic nitrogens is 3. The Kier molecular flexibility index (Phi) is 5.48. The Hall–Kier alpha value is -1.63. The first-order valence-corrected chi connectivity index (χ1v) is 8.71. The van der Waals surface area contributed by atoms with Crippen LogP contribution in [0, 0.1) is 5.92 Å². The van der Waals surface area contributed by atoms with Crippen LogP contribution in [-0.4, -0.2) is 52.9 Å². The lowest BCUT2D eigenvalue weighted by Gasteiger charge is -2.21. The third kappa shape index (κ3) is 4.43. The lowest BCUT2D eigenvalue weighted by atomic mass is 10.1. The number of hydrogen-bond acceptors (Lipinski definition) is 7. The van der Waals surface area contributed by atoms with Gasteiger partial charge in [0.15, 0.2) is 0 Å². The van der Waals surface area contributed by atoms with Gasteiger partial charge in [0.25, 0.3) is 0 Å². The van der Waals surface area contributed by atoms with Gasteiger partial charge < -0.3 is 20.1 Å². The SMILES string of the molecule is COc1nc(NCC2CCC(O)C2)nc(N2CCCCCC2)n1. The summed E-state index contributed by atoms with van der Waals surface area (Å²) in [6, 6.07) is 0.355. The monoisotopic (exact) mass is 321 g/mol. The number of ether oxygens (including phenoxy) is 1. The summed E-state index contributed by atoms with van der Waals surface area (Å²) in [6.07, 6.45) is 7.55. The molecule has 2 unspecified atom stereocenters. The Labute approximate surface area is 137 Å². The van der Waals surface area contributed by atoms with Crippen molar-refractivity contribution in [2.24, 2.45) is 5.92 Å². The zero-order valence-electron chi connectivity index (χ0n) is 13.9. The van der Waals surface area contributed by atoms with E-state index in [4.69, 9.17) is 4.74 Å². The Morgan fingerprint density at radius 2 is 1.91 bits per heavy atom. The summed E-state index contributed by atoms with van der Waals surface area (Å²) in [5.41, 5.74) is 0. The molecule has 0 radical (unpaired) electrons. The normalized spacial score (nSPS) is 25.2. The molecule has 1 aromatic heterocycles. The van der Waals surface area contributed by atoms with Crippen molar-refractivity contribution >= 4 is 11.9 Å². The Morgan fingerprint density at radius 1 is 1.13 bits per heavy atom. The molecule has 7 nitrogen and oxygen atoms in total. The molecule has 0 amide bonds.